The van der Waals surface area contributed by atoms with Gasteiger partial charge in [-0.05, 0) is 13.3 Å². The molecule has 0 radical (unpaired) electrons. The fourth-order valence-corrected chi connectivity index (χ4v) is 4.02. The van der Waals surface area contributed by atoms with E-state index >= 15 is 0 Å². The highest BCUT2D eigenvalue weighted by atomic mass is 16.8. The topological polar surface area (TPSA) is 223 Å². The largest absolute Gasteiger partial charge is 0.479 e. The number of unbranched alkanes of at least 4 members (excludes halogenated alkanes) is 1. The average Bonchev–Trinajstić information content (AvgIpc) is 2.86. The minimum atomic E-state index is -1.90. The number of hydrogen-bond donors (Lipinski definition) is 7. The Hall–Kier alpha value is -1.95. The van der Waals surface area contributed by atoms with Crippen LogP contribution in [0.25, 0.3) is 0 Å². The van der Waals surface area contributed by atoms with Crippen LogP contribution in [0.1, 0.15) is 40.0 Å². The zero-order chi connectivity index (χ0) is 28.4. The standard InChI is InChI=1S/C23H40N2O13/c1-4-5-6-13(27)24-7-8-34-9-10-35-23-20(18(31)17(30)19(37-23)21(32)33)38-22-14(25-12(3)26)16(29)15(28)11(2)36-22/h11,14-20,22-23,28-31H,4-10H2,1-3H3,(H,24,27)(H,25,26)(H,32,33)/t11?,14?,15-,16-,17+,18+,19?,20?,22+,23-/m1/s1. The van der Waals surface area contributed by atoms with Crippen molar-refractivity contribution in [2.75, 3.05) is 26.4 Å². The van der Waals surface area contributed by atoms with E-state index in [4.69, 9.17) is 23.7 Å². The Labute approximate surface area is 220 Å². The highest BCUT2D eigenvalue weighted by Crippen LogP contribution is 2.29. The van der Waals surface area contributed by atoms with Crippen LogP contribution in [0.3, 0.4) is 0 Å². The van der Waals surface area contributed by atoms with Gasteiger partial charge in [-0.1, -0.05) is 13.3 Å². The molecule has 220 valence electrons. The number of carboxylic acids is 1. The summed E-state index contributed by atoms with van der Waals surface area (Å²) in [6.45, 7) is 4.98. The van der Waals surface area contributed by atoms with Crippen molar-refractivity contribution in [3.63, 3.8) is 0 Å². The van der Waals surface area contributed by atoms with Crippen molar-refractivity contribution in [1.82, 2.24) is 10.6 Å². The van der Waals surface area contributed by atoms with Gasteiger partial charge in [-0.2, -0.15) is 0 Å². The molecule has 10 atom stereocenters. The van der Waals surface area contributed by atoms with Crippen molar-refractivity contribution in [2.45, 2.75) is 101 Å². The molecule has 0 aromatic carbocycles. The molecule has 38 heavy (non-hydrogen) atoms. The number of aliphatic carboxylic acids is 1. The van der Waals surface area contributed by atoms with Gasteiger partial charge in [-0.3, -0.25) is 9.59 Å². The van der Waals surface area contributed by atoms with Crippen LogP contribution in [0, 0.1) is 0 Å². The van der Waals surface area contributed by atoms with E-state index < -0.39 is 73.2 Å². The second kappa shape index (κ2) is 15.6. The Morgan fingerprint density at radius 2 is 1.63 bits per heavy atom. The molecule has 0 bridgehead atoms. The number of aliphatic hydroxyl groups excluding tert-OH is 4. The van der Waals surface area contributed by atoms with Gasteiger partial charge in [0.1, 0.15) is 36.6 Å². The Morgan fingerprint density at radius 3 is 2.26 bits per heavy atom. The van der Waals surface area contributed by atoms with E-state index in [-0.39, 0.29) is 32.3 Å². The highest BCUT2D eigenvalue weighted by Gasteiger charge is 2.52. The summed E-state index contributed by atoms with van der Waals surface area (Å²) in [5, 5.41) is 56.1. The quantitative estimate of drug-likeness (QED) is 0.108. The number of nitrogens with one attached hydrogen (secondary N) is 2. The minimum absolute atomic E-state index is 0.0180. The van der Waals surface area contributed by atoms with E-state index in [9.17, 15) is 39.9 Å². The third kappa shape index (κ3) is 9.07. The Kier molecular flexibility index (Phi) is 13.2. The first-order chi connectivity index (χ1) is 18.0. The van der Waals surface area contributed by atoms with Gasteiger partial charge >= 0.3 is 5.97 Å². The number of hydrogen-bond acceptors (Lipinski definition) is 12. The van der Waals surface area contributed by atoms with E-state index in [2.05, 4.69) is 10.6 Å². The molecule has 2 aliphatic heterocycles. The van der Waals surface area contributed by atoms with Crippen LogP contribution in [0.5, 0.6) is 0 Å². The average molecular weight is 553 g/mol. The van der Waals surface area contributed by atoms with E-state index in [1.165, 1.54) is 13.8 Å². The van der Waals surface area contributed by atoms with Gasteiger partial charge in [-0.15, -0.1) is 0 Å². The van der Waals surface area contributed by atoms with Crippen molar-refractivity contribution in [3.05, 3.63) is 0 Å². The van der Waals surface area contributed by atoms with Gasteiger partial charge in [0.15, 0.2) is 18.7 Å². The van der Waals surface area contributed by atoms with Gasteiger partial charge in [0.25, 0.3) is 0 Å². The molecule has 0 aromatic heterocycles. The van der Waals surface area contributed by atoms with Crippen LogP contribution < -0.4 is 10.6 Å². The Morgan fingerprint density at radius 1 is 0.921 bits per heavy atom. The molecule has 2 heterocycles. The fourth-order valence-electron chi connectivity index (χ4n) is 4.02. The van der Waals surface area contributed by atoms with Crippen molar-refractivity contribution in [2.24, 2.45) is 0 Å². The first kappa shape index (κ1) is 32.3. The zero-order valence-electron chi connectivity index (χ0n) is 21.7. The summed E-state index contributed by atoms with van der Waals surface area (Å²) in [4.78, 5) is 34.8. The van der Waals surface area contributed by atoms with Gasteiger partial charge in [0, 0.05) is 19.9 Å². The van der Waals surface area contributed by atoms with Crippen LogP contribution >= 0.6 is 0 Å². The minimum Gasteiger partial charge on any atom is -0.479 e. The maximum atomic E-state index is 11.7. The number of carboxylic acid groups (broad SMARTS) is 1. The number of ether oxygens (including phenoxy) is 5. The van der Waals surface area contributed by atoms with Crippen molar-refractivity contribution >= 4 is 17.8 Å². The fraction of sp³-hybridized carbons (Fsp3) is 0.870. The molecule has 15 heteroatoms. The lowest BCUT2D eigenvalue weighted by molar-refractivity contribution is -0.349. The predicted molar refractivity (Wildman–Crippen MR) is 126 cm³/mol. The lowest BCUT2D eigenvalue weighted by Gasteiger charge is -2.46. The van der Waals surface area contributed by atoms with E-state index in [0.29, 0.717) is 6.42 Å². The van der Waals surface area contributed by atoms with Crippen molar-refractivity contribution in [3.8, 4) is 0 Å². The summed E-state index contributed by atoms with van der Waals surface area (Å²) >= 11 is 0. The SMILES string of the molecule is CCCCC(=O)NCCOCCO[C@@H]1OC(C(=O)O)[C@@H](O)[C@H](O)C1O[C@@H]1OC(C)[C@@H](O)[C@H](O)C1NC(C)=O. The normalized spacial score (nSPS) is 35.4. The third-order valence-electron chi connectivity index (χ3n) is 6.13. The maximum Gasteiger partial charge on any atom is 0.335 e. The molecule has 15 nitrogen and oxygen atoms in total. The van der Waals surface area contributed by atoms with E-state index in [0.717, 1.165) is 12.8 Å². The molecule has 7 N–H and O–H groups in total. The lowest BCUT2D eigenvalue weighted by Crippen LogP contribution is -2.67. The number of aliphatic hydroxyl groups is 4. The number of carbonyl (C=O) groups is 3. The van der Waals surface area contributed by atoms with Gasteiger partial charge in [0.05, 0.1) is 25.9 Å². The monoisotopic (exact) mass is 552 g/mol. The first-order valence-corrected chi connectivity index (χ1v) is 12.6. The van der Waals surface area contributed by atoms with Gasteiger partial charge < -0.3 is 59.9 Å². The third-order valence-corrected chi connectivity index (χ3v) is 6.13. The number of amides is 2. The molecule has 2 saturated heterocycles. The Bertz CT molecular complexity index is 772. The van der Waals surface area contributed by atoms with Crippen LogP contribution in [0.15, 0.2) is 0 Å². The van der Waals surface area contributed by atoms with E-state index in [1.54, 1.807) is 0 Å². The van der Waals surface area contributed by atoms with Crippen LogP contribution in [-0.2, 0) is 38.1 Å². The molecule has 0 spiro atoms. The molecule has 0 aliphatic carbocycles. The molecule has 2 amide bonds. The molecule has 0 saturated carbocycles. The molecule has 0 aromatic rings. The van der Waals surface area contributed by atoms with E-state index in [1.807, 2.05) is 6.92 Å². The summed E-state index contributed by atoms with van der Waals surface area (Å²) in [5.41, 5.74) is 0. The molecular formula is C23H40N2O13. The van der Waals surface area contributed by atoms with Crippen molar-refractivity contribution in [1.29, 1.82) is 0 Å². The summed E-state index contributed by atoms with van der Waals surface area (Å²) in [6, 6.07) is -1.27. The molecular weight excluding hydrogens is 512 g/mol. The summed E-state index contributed by atoms with van der Waals surface area (Å²) in [6.07, 6.45) is -11.7. The van der Waals surface area contributed by atoms with Crippen molar-refractivity contribution < 1.29 is 63.6 Å². The smallest absolute Gasteiger partial charge is 0.335 e. The molecule has 2 aliphatic rings. The predicted octanol–water partition coefficient (Wildman–Crippen LogP) is -2.79. The molecule has 4 unspecified atom stereocenters. The second-order valence-electron chi connectivity index (χ2n) is 9.20. The van der Waals surface area contributed by atoms with Crippen LogP contribution in [0.4, 0.5) is 0 Å². The summed E-state index contributed by atoms with van der Waals surface area (Å²) in [7, 11) is 0. The number of rotatable bonds is 14. The first-order valence-electron chi connectivity index (χ1n) is 12.6. The second-order valence-corrected chi connectivity index (χ2v) is 9.20. The lowest BCUT2D eigenvalue weighted by atomic mass is 9.96. The summed E-state index contributed by atoms with van der Waals surface area (Å²) < 4.78 is 27.6. The highest BCUT2D eigenvalue weighted by molar-refractivity contribution is 5.75. The summed E-state index contributed by atoms with van der Waals surface area (Å²) in [5.74, 6) is -2.19. The van der Waals surface area contributed by atoms with Gasteiger partial charge in [-0.25, -0.2) is 4.79 Å². The number of carbonyl (C=O) groups excluding carboxylic acids is 2. The molecule has 2 rings (SSSR count). The van der Waals surface area contributed by atoms with Crippen LogP contribution in [0.2, 0.25) is 0 Å². The van der Waals surface area contributed by atoms with Gasteiger partial charge in [0.2, 0.25) is 11.8 Å². The zero-order valence-corrected chi connectivity index (χ0v) is 21.7. The molecule has 2 fully saturated rings. The Balaban J connectivity index is 2.01. The van der Waals surface area contributed by atoms with Crippen LogP contribution in [-0.4, -0.2) is 131 Å². The maximum absolute atomic E-state index is 11.7.